The Labute approximate surface area is 104 Å². The smallest absolute Gasteiger partial charge is 0.0721 e. The summed E-state index contributed by atoms with van der Waals surface area (Å²) < 4.78 is 5.51. The van der Waals surface area contributed by atoms with Crippen LogP contribution in [0.25, 0.3) is 0 Å². The van der Waals surface area contributed by atoms with E-state index < -0.39 is 0 Å². The number of rotatable bonds is 7. The van der Waals surface area contributed by atoms with E-state index in [2.05, 4.69) is 29.6 Å². The molecule has 0 unspecified atom stereocenters. The van der Waals surface area contributed by atoms with E-state index in [1.165, 1.54) is 24.0 Å². The van der Waals surface area contributed by atoms with Crippen molar-refractivity contribution in [3.05, 3.63) is 47.5 Å². The van der Waals surface area contributed by atoms with Crippen molar-refractivity contribution in [3.8, 4) is 0 Å². The Bertz CT molecular complexity index is 352. The van der Waals surface area contributed by atoms with E-state index >= 15 is 0 Å². The van der Waals surface area contributed by atoms with E-state index in [0.29, 0.717) is 13.2 Å². The monoisotopic (exact) mass is 231 g/mol. The van der Waals surface area contributed by atoms with Crippen LogP contribution in [0.4, 0.5) is 0 Å². The van der Waals surface area contributed by atoms with Crippen molar-refractivity contribution in [2.75, 3.05) is 6.61 Å². The van der Waals surface area contributed by atoms with Gasteiger partial charge in [0.2, 0.25) is 0 Å². The van der Waals surface area contributed by atoms with E-state index in [4.69, 9.17) is 4.74 Å². The van der Waals surface area contributed by atoms with Gasteiger partial charge in [-0.3, -0.25) is 0 Å². The Morgan fingerprint density at radius 1 is 1.24 bits per heavy atom. The van der Waals surface area contributed by atoms with Gasteiger partial charge in [-0.1, -0.05) is 36.4 Å². The molecule has 0 aromatic heterocycles. The molecule has 0 spiro atoms. The third kappa shape index (κ3) is 4.72. The number of ether oxygens (including phenoxy) is 1. The zero-order chi connectivity index (χ0) is 11.9. The summed E-state index contributed by atoms with van der Waals surface area (Å²) in [5, 5.41) is 3.51. The first-order valence-electron chi connectivity index (χ1n) is 6.38. The molecular formula is C15H21NO. The van der Waals surface area contributed by atoms with Crippen molar-refractivity contribution in [1.82, 2.24) is 5.32 Å². The van der Waals surface area contributed by atoms with Gasteiger partial charge in [0.25, 0.3) is 0 Å². The van der Waals surface area contributed by atoms with Gasteiger partial charge in [-0.15, -0.1) is 0 Å². The molecule has 0 radical (unpaired) electrons. The van der Waals surface area contributed by atoms with E-state index in [1.54, 1.807) is 0 Å². The van der Waals surface area contributed by atoms with Crippen LogP contribution in [0, 0.1) is 0 Å². The summed E-state index contributed by atoms with van der Waals surface area (Å²) >= 11 is 0. The predicted octanol–water partition coefficient (Wildman–Crippen LogP) is 3.03. The third-order valence-corrected chi connectivity index (χ3v) is 2.91. The summed E-state index contributed by atoms with van der Waals surface area (Å²) in [6.07, 6.45) is 6.72. The van der Waals surface area contributed by atoms with Crippen LogP contribution >= 0.6 is 0 Å². The minimum absolute atomic E-state index is 0.695. The van der Waals surface area contributed by atoms with Gasteiger partial charge in [-0.25, -0.2) is 0 Å². The lowest BCUT2D eigenvalue weighted by Gasteiger charge is -2.05. The largest absolute Gasteiger partial charge is 0.373 e. The molecule has 1 saturated carbocycles. The van der Waals surface area contributed by atoms with Gasteiger partial charge in [0, 0.05) is 12.6 Å². The Hall–Kier alpha value is -1.12. The van der Waals surface area contributed by atoms with Crippen LogP contribution in [-0.2, 0) is 17.9 Å². The topological polar surface area (TPSA) is 21.3 Å². The van der Waals surface area contributed by atoms with Crippen LogP contribution in [0.15, 0.2) is 36.4 Å². The van der Waals surface area contributed by atoms with Gasteiger partial charge in [-0.2, -0.15) is 0 Å². The van der Waals surface area contributed by atoms with Crippen LogP contribution in [0.1, 0.15) is 30.9 Å². The van der Waals surface area contributed by atoms with Gasteiger partial charge >= 0.3 is 0 Å². The highest BCUT2D eigenvalue weighted by atomic mass is 16.5. The highest BCUT2D eigenvalue weighted by Crippen LogP contribution is 2.19. The molecule has 0 atom stereocenters. The Morgan fingerprint density at radius 2 is 1.94 bits per heavy atom. The lowest BCUT2D eigenvalue weighted by molar-refractivity contribution is 0.148. The second-order valence-corrected chi connectivity index (χ2v) is 4.56. The molecule has 1 aliphatic carbocycles. The first-order chi connectivity index (χ1) is 8.38. The van der Waals surface area contributed by atoms with E-state index in [9.17, 15) is 0 Å². The summed E-state index contributed by atoms with van der Waals surface area (Å²) in [5.41, 5.74) is 2.60. The molecule has 0 aliphatic heterocycles. The standard InChI is InChI=1S/C15H21NO/c1-2-3-10-17-12-14-6-4-13(5-7-14)11-16-15-8-9-15/h2-7,15-16H,8-12H2,1H3/b3-2+. The first kappa shape index (κ1) is 12.3. The fraction of sp³-hybridized carbons (Fsp3) is 0.467. The van der Waals surface area contributed by atoms with Gasteiger partial charge in [-0.05, 0) is 30.9 Å². The lowest BCUT2D eigenvalue weighted by atomic mass is 10.1. The number of nitrogens with one attached hydrogen (secondary N) is 1. The van der Waals surface area contributed by atoms with Gasteiger partial charge in [0.05, 0.1) is 13.2 Å². The molecule has 2 heteroatoms. The molecule has 1 aromatic rings. The molecule has 1 aliphatic rings. The van der Waals surface area contributed by atoms with Crippen molar-refractivity contribution in [1.29, 1.82) is 0 Å². The molecule has 0 heterocycles. The van der Waals surface area contributed by atoms with Crippen molar-refractivity contribution >= 4 is 0 Å². The average molecular weight is 231 g/mol. The van der Waals surface area contributed by atoms with Crippen molar-refractivity contribution < 1.29 is 4.74 Å². The first-order valence-corrected chi connectivity index (χ1v) is 6.38. The lowest BCUT2D eigenvalue weighted by Crippen LogP contribution is -2.15. The fourth-order valence-corrected chi connectivity index (χ4v) is 1.64. The number of benzene rings is 1. The van der Waals surface area contributed by atoms with Gasteiger partial charge in [0.15, 0.2) is 0 Å². The SMILES string of the molecule is C/C=C/COCc1ccc(CNC2CC2)cc1. The maximum absolute atomic E-state index is 5.51. The molecule has 1 fully saturated rings. The highest BCUT2D eigenvalue weighted by Gasteiger charge is 2.19. The molecule has 0 amide bonds. The van der Waals surface area contributed by atoms with E-state index in [-0.39, 0.29) is 0 Å². The normalized spacial score (nSPS) is 15.6. The molecule has 17 heavy (non-hydrogen) atoms. The van der Waals surface area contributed by atoms with Gasteiger partial charge < -0.3 is 10.1 Å². The minimum atomic E-state index is 0.695. The average Bonchev–Trinajstić information content (AvgIpc) is 3.18. The van der Waals surface area contributed by atoms with E-state index in [0.717, 1.165) is 12.6 Å². The van der Waals surface area contributed by atoms with E-state index in [1.807, 2.05) is 19.1 Å². The number of hydrogen-bond acceptors (Lipinski definition) is 2. The molecule has 2 rings (SSSR count). The second kappa shape index (κ2) is 6.58. The molecule has 1 aromatic carbocycles. The van der Waals surface area contributed by atoms with Crippen molar-refractivity contribution in [3.63, 3.8) is 0 Å². The predicted molar refractivity (Wildman–Crippen MR) is 70.8 cm³/mol. The maximum atomic E-state index is 5.51. The van der Waals surface area contributed by atoms with Crippen LogP contribution in [0.2, 0.25) is 0 Å². The molecule has 2 nitrogen and oxygen atoms in total. The summed E-state index contributed by atoms with van der Waals surface area (Å²) in [5.74, 6) is 0. The number of hydrogen-bond donors (Lipinski definition) is 1. The Balaban J connectivity index is 1.71. The van der Waals surface area contributed by atoms with Crippen LogP contribution in [-0.4, -0.2) is 12.6 Å². The van der Waals surface area contributed by atoms with Crippen LogP contribution < -0.4 is 5.32 Å². The Morgan fingerprint density at radius 3 is 2.59 bits per heavy atom. The molecule has 0 bridgehead atoms. The quantitative estimate of drug-likeness (QED) is 0.575. The maximum Gasteiger partial charge on any atom is 0.0721 e. The molecule has 1 N–H and O–H groups in total. The van der Waals surface area contributed by atoms with Gasteiger partial charge in [0.1, 0.15) is 0 Å². The molecular weight excluding hydrogens is 210 g/mol. The summed E-state index contributed by atoms with van der Waals surface area (Å²) in [4.78, 5) is 0. The minimum Gasteiger partial charge on any atom is -0.373 e. The van der Waals surface area contributed by atoms with Crippen molar-refractivity contribution in [2.45, 2.75) is 39.0 Å². The molecule has 0 saturated heterocycles. The Kier molecular flexibility index (Phi) is 4.77. The van der Waals surface area contributed by atoms with Crippen molar-refractivity contribution in [2.24, 2.45) is 0 Å². The third-order valence-electron chi connectivity index (χ3n) is 2.91. The highest BCUT2D eigenvalue weighted by molar-refractivity contribution is 5.22. The van der Waals surface area contributed by atoms with Crippen LogP contribution in [0.3, 0.4) is 0 Å². The summed E-state index contributed by atoms with van der Waals surface area (Å²) in [7, 11) is 0. The zero-order valence-electron chi connectivity index (χ0n) is 10.5. The number of allylic oxidation sites excluding steroid dienone is 1. The fourth-order valence-electron chi connectivity index (χ4n) is 1.64. The van der Waals surface area contributed by atoms with Crippen LogP contribution in [0.5, 0.6) is 0 Å². The summed E-state index contributed by atoms with van der Waals surface area (Å²) in [6.45, 7) is 4.39. The zero-order valence-corrected chi connectivity index (χ0v) is 10.5. The summed E-state index contributed by atoms with van der Waals surface area (Å²) in [6, 6.07) is 9.45. The second-order valence-electron chi connectivity index (χ2n) is 4.56. The molecule has 92 valence electrons.